The van der Waals surface area contributed by atoms with Gasteiger partial charge in [0.15, 0.2) is 0 Å². The summed E-state index contributed by atoms with van der Waals surface area (Å²) in [6, 6.07) is 7.82. The Bertz CT molecular complexity index is 748. The van der Waals surface area contributed by atoms with Crippen LogP contribution in [0.15, 0.2) is 36.4 Å². The molecule has 0 saturated carbocycles. The summed E-state index contributed by atoms with van der Waals surface area (Å²) in [6.45, 7) is -0.292. The van der Waals surface area contributed by atoms with Gasteiger partial charge in [-0.3, -0.25) is 14.9 Å². The van der Waals surface area contributed by atoms with Crippen molar-refractivity contribution < 1.29 is 18.5 Å². The minimum atomic E-state index is -0.785. The molecule has 0 aliphatic carbocycles. The van der Waals surface area contributed by atoms with E-state index in [1.54, 1.807) is 6.07 Å². The minimum Gasteiger partial charge on any atom is -0.371 e. The largest absolute Gasteiger partial charge is 0.371 e. The molecule has 0 bridgehead atoms. The van der Waals surface area contributed by atoms with Crippen LogP contribution in [0.3, 0.4) is 0 Å². The highest BCUT2D eigenvalue weighted by Gasteiger charge is 2.14. The maximum atomic E-state index is 13.4. The number of carbonyl (C=O) groups is 1. The van der Waals surface area contributed by atoms with Crippen LogP contribution in [0.4, 0.5) is 25.8 Å². The molecule has 0 fully saturated rings. The minimum absolute atomic E-state index is 0.0326. The van der Waals surface area contributed by atoms with Gasteiger partial charge in [-0.1, -0.05) is 12.1 Å². The third-order valence-electron chi connectivity index (χ3n) is 2.81. The molecule has 0 spiro atoms. The second kappa shape index (κ2) is 7.31. The van der Waals surface area contributed by atoms with Crippen molar-refractivity contribution in [1.82, 2.24) is 0 Å². The fraction of sp³-hybridized carbons (Fsp3) is 0.0714. The van der Waals surface area contributed by atoms with Crippen LogP contribution in [0.2, 0.25) is 0 Å². The molecule has 6 nitrogen and oxygen atoms in total. The molecule has 0 aliphatic heterocycles. The van der Waals surface area contributed by atoms with Crippen LogP contribution in [0, 0.1) is 25.3 Å². The number of nitrogens with one attached hydrogen (secondary N) is 2. The zero-order chi connectivity index (χ0) is 17.0. The fourth-order valence-corrected chi connectivity index (χ4v) is 2.10. The number of hydrogen-bond acceptors (Lipinski definition) is 4. The van der Waals surface area contributed by atoms with Crippen LogP contribution in [-0.2, 0) is 4.79 Å². The number of rotatable bonds is 5. The lowest BCUT2D eigenvalue weighted by molar-refractivity contribution is -0.383. The van der Waals surface area contributed by atoms with Gasteiger partial charge in [0, 0.05) is 11.8 Å². The van der Waals surface area contributed by atoms with Gasteiger partial charge < -0.3 is 10.6 Å². The van der Waals surface area contributed by atoms with Crippen molar-refractivity contribution >= 4 is 45.6 Å². The molecule has 120 valence electrons. The number of halogens is 3. The van der Waals surface area contributed by atoms with E-state index in [1.807, 2.05) is 0 Å². The average Bonchev–Trinajstić information content (AvgIpc) is 2.50. The van der Waals surface area contributed by atoms with Crippen molar-refractivity contribution in [1.29, 1.82) is 0 Å². The van der Waals surface area contributed by atoms with Gasteiger partial charge in [0.1, 0.15) is 17.3 Å². The number of nitro groups is 1. The zero-order valence-electron chi connectivity index (χ0n) is 11.5. The normalized spacial score (nSPS) is 10.2. The topological polar surface area (TPSA) is 84.3 Å². The number of benzene rings is 2. The summed E-state index contributed by atoms with van der Waals surface area (Å²) in [5, 5.41) is 15.8. The smallest absolute Gasteiger partial charge is 0.292 e. The second-order valence-electron chi connectivity index (χ2n) is 4.43. The van der Waals surface area contributed by atoms with Gasteiger partial charge in [-0.2, -0.15) is 0 Å². The Morgan fingerprint density at radius 2 is 1.83 bits per heavy atom. The molecule has 2 N–H and O–H groups in total. The van der Waals surface area contributed by atoms with Crippen LogP contribution < -0.4 is 10.6 Å². The van der Waals surface area contributed by atoms with E-state index in [-0.39, 0.29) is 27.2 Å². The number of carbonyl (C=O) groups excluding carboxylic acids is 1. The second-order valence-corrected chi connectivity index (χ2v) is 5.51. The molecule has 0 unspecified atom stereocenters. The van der Waals surface area contributed by atoms with Crippen LogP contribution in [-0.4, -0.2) is 17.4 Å². The molecule has 23 heavy (non-hydrogen) atoms. The Kier molecular flexibility index (Phi) is 5.42. The lowest BCUT2D eigenvalue weighted by atomic mass is 10.2. The number of hydrogen-bond donors (Lipinski definition) is 2. The van der Waals surface area contributed by atoms with E-state index in [4.69, 9.17) is 0 Å². The van der Waals surface area contributed by atoms with Gasteiger partial charge in [-0.25, -0.2) is 8.78 Å². The monoisotopic (exact) mass is 433 g/mol. The third kappa shape index (κ3) is 4.34. The van der Waals surface area contributed by atoms with E-state index in [9.17, 15) is 23.7 Å². The number of nitrogens with zero attached hydrogens (tertiary/aromatic N) is 1. The van der Waals surface area contributed by atoms with E-state index in [0.29, 0.717) is 0 Å². The van der Waals surface area contributed by atoms with E-state index >= 15 is 0 Å². The Hall–Kier alpha value is -2.30. The number of anilines is 2. The maximum Gasteiger partial charge on any atom is 0.292 e. The molecule has 0 radical (unpaired) electrons. The Morgan fingerprint density at radius 3 is 2.43 bits per heavy atom. The van der Waals surface area contributed by atoms with Crippen LogP contribution >= 0.6 is 22.6 Å². The first-order valence-corrected chi connectivity index (χ1v) is 7.38. The molecule has 0 heterocycles. The molecule has 0 aromatic heterocycles. The number of para-hydroxylation sites is 2. The molecule has 9 heteroatoms. The summed E-state index contributed by atoms with van der Waals surface area (Å²) < 4.78 is 26.6. The Balaban J connectivity index is 2.03. The van der Waals surface area contributed by atoms with Gasteiger partial charge in [0.25, 0.3) is 5.69 Å². The van der Waals surface area contributed by atoms with Gasteiger partial charge in [-0.05, 0) is 40.8 Å². The van der Waals surface area contributed by atoms with Crippen molar-refractivity contribution in [3.05, 3.63) is 61.7 Å². The molecule has 2 aromatic carbocycles. The van der Waals surface area contributed by atoms with Gasteiger partial charge >= 0.3 is 0 Å². The van der Waals surface area contributed by atoms with Gasteiger partial charge in [-0.15, -0.1) is 0 Å². The first-order chi connectivity index (χ1) is 10.9. The first-order valence-electron chi connectivity index (χ1n) is 6.30. The summed E-state index contributed by atoms with van der Waals surface area (Å²) >= 11 is 1.51. The Morgan fingerprint density at radius 1 is 1.22 bits per heavy atom. The van der Waals surface area contributed by atoms with Gasteiger partial charge in [0.2, 0.25) is 5.91 Å². The predicted molar refractivity (Wildman–Crippen MR) is 89.3 cm³/mol. The fourth-order valence-electron chi connectivity index (χ4n) is 1.79. The van der Waals surface area contributed by atoms with Gasteiger partial charge in [0.05, 0.1) is 15.0 Å². The van der Waals surface area contributed by atoms with E-state index in [2.05, 4.69) is 10.6 Å². The SMILES string of the molecule is O=C(CNc1ccccc1[N+](=O)[O-])Nc1cc(F)c(I)c(F)c1. The molecule has 0 atom stereocenters. The molecular weight excluding hydrogens is 423 g/mol. The lowest BCUT2D eigenvalue weighted by Crippen LogP contribution is -2.22. The summed E-state index contributed by atoms with van der Waals surface area (Å²) in [6.07, 6.45) is 0. The molecule has 1 amide bonds. The van der Waals surface area contributed by atoms with Crippen LogP contribution in [0.1, 0.15) is 0 Å². The summed E-state index contributed by atoms with van der Waals surface area (Å²) in [5.74, 6) is -2.16. The highest BCUT2D eigenvalue weighted by molar-refractivity contribution is 14.1. The van der Waals surface area contributed by atoms with E-state index in [1.165, 1.54) is 40.8 Å². The molecule has 2 aromatic rings. The van der Waals surface area contributed by atoms with E-state index < -0.39 is 22.5 Å². The van der Waals surface area contributed by atoms with E-state index in [0.717, 1.165) is 12.1 Å². The third-order valence-corrected chi connectivity index (χ3v) is 3.84. The molecule has 2 rings (SSSR count). The summed E-state index contributed by atoms with van der Waals surface area (Å²) in [5.41, 5.74) is -0.0333. The standard InChI is InChI=1S/C14H10F2IN3O3/c15-9-5-8(6-10(16)14(9)17)19-13(21)7-18-11-3-1-2-4-12(11)20(22)23/h1-6,18H,7H2,(H,19,21). The molecule has 0 saturated heterocycles. The quantitative estimate of drug-likeness (QED) is 0.327. The number of amides is 1. The number of nitro benzene ring substituents is 1. The van der Waals surface area contributed by atoms with Crippen molar-refractivity contribution in [2.45, 2.75) is 0 Å². The van der Waals surface area contributed by atoms with Crippen molar-refractivity contribution in [2.75, 3.05) is 17.2 Å². The Labute approximate surface area is 143 Å². The van der Waals surface area contributed by atoms with Crippen molar-refractivity contribution in [3.63, 3.8) is 0 Å². The summed E-state index contributed by atoms with van der Waals surface area (Å²) in [7, 11) is 0. The van der Waals surface area contributed by atoms with Crippen LogP contribution in [0.25, 0.3) is 0 Å². The predicted octanol–water partition coefficient (Wildman–Crippen LogP) is 3.53. The maximum absolute atomic E-state index is 13.4. The average molecular weight is 433 g/mol. The molecule has 0 aliphatic rings. The summed E-state index contributed by atoms with van der Waals surface area (Å²) in [4.78, 5) is 22.1. The van der Waals surface area contributed by atoms with Crippen molar-refractivity contribution in [3.8, 4) is 0 Å². The first kappa shape index (κ1) is 17.1. The van der Waals surface area contributed by atoms with Crippen molar-refractivity contribution in [2.24, 2.45) is 0 Å². The molecular formula is C14H10F2IN3O3. The highest BCUT2D eigenvalue weighted by Crippen LogP contribution is 2.23. The highest BCUT2D eigenvalue weighted by atomic mass is 127. The van der Waals surface area contributed by atoms with Crippen LogP contribution in [0.5, 0.6) is 0 Å². The lowest BCUT2D eigenvalue weighted by Gasteiger charge is -2.09. The zero-order valence-corrected chi connectivity index (χ0v) is 13.6.